The van der Waals surface area contributed by atoms with Crippen LogP contribution in [0.3, 0.4) is 0 Å². The summed E-state index contributed by atoms with van der Waals surface area (Å²) >= 11 is 13.2. The summed E-state index contributed by atoms with van der Waals surface area (Å²) in [5.74, 6) is -1.05. The summed E-state index contributed by atoms with van der Waals surface area (Å²) in [5, 5.41) is 38.4. The SMILES string of the molecule is COC(=O)[C@H](CCCCNC(=O)CCc1cc(COc2c(Cl)cc(C(=O)N[C@H]3[C@@H](OC)O[C@H](CO)[C@@H](O)[C@@H]3O)c(C)c2Cl)cnc1OC)NC(=O)OC(C)(C)C. The molecule has 17 nitrogen and oxygen atoms in total. The highest BCUT2D eigenvalue weighted by Gasteiger charge is 2.45. The number of esters is 1. The summed E-state index contributed by atoms with van der Waals surface area (Å²) in [5.41, 5.74) is 0.928. The number of carbonyl (C=O) groups is 4. The molecular formula is C37H52Cl2N4O13. The first-order valence-corrected chi connectivity index (χ1v) is 18.6. The number of aliphatic hydroxyl groups excluding tert-OH is 3. The molecule has 0 bridgehead atoms. The van der Waals surface area contributed by atoms with Gasteiger partial charge < -0.3 is 59.7 Å². The van der Waals surface area contributed by atoms with Crippen molar-refractivity contribution in [1.82, 2.24) is 20.9 Å². The van der Waals surface area contributed by atoms with Crippen LogP contribution in [0.5, 0.6) is 11.6 Å². The Labute approximate surface area is 335 Å². The van der Waals surface area contributed by atoms with Gasteiger partial charge in [0.05, 0.1) is 30.9 Å². The number of hydrogen-bond acceptors (Lipinski definition) is 14. The quantitative estimate of drug-likeness (QED) is 0.0938. The normalized spacial score (nSPS) is 20.0. The van der Waals surface area contributed by atoms with Crippen molar-refractivity contribution in [3.63, 3.8) is 0 Å². The zero-order chi connectivity index (χ0) is 41.7. The molecule has 0 radical (unpaired) electrons. The first-order chi connectivity index (χ1) is 26.4. The van der Waals surface area contributed by atoms with Crippen LogP contribution in [0.1, 0.15) is 73.5 Å². The topological polar surface area (TPSA) is 233 Å². The van der Waals surface area contributed by atoms with Gasteiger partial charge in [-0.05, 0) is 71.1 Å². The monoisotopic (exact) mass is 830 g/mol. The van der Waals surface area contributed by atoms with Crippen molar-refractivity contribution in [2.45, 2.75) is 109 Å². The lowest BCUT2D eigenvalue weighted by molar-refractivity contribution is -0.261. The van der Waals surface area contributed by atoms with Crippen LogP contribution < -0.4 is 25.4 Å². The highest BCUT2D eigenvalue weighted by Crippen LogP contribution is 2.38. The van der Waals surface area contributed by atoms with E-state index >= 15 is 0 Å². The number of carbonyl (C=O) groups excluding carboxylic acids is 4. The average molecular weight is 832 g/mol. The van der Waals surface area contributed by atoms with Gasteiger partial charge in [0.1, 0.15) is 42.6 Å². The summed E-state index contributed by atoms with van der Waals surface area (Å²) in [6.45, 7) is 6.48. The van der Waals surface area contributed by atoms with E-state index in [1.807, 2.05) is 0 Å². The number of alkyl carbamates (subject to hydrolysis) is 1. The molecule has 0 spiro atoms. The summed E-state index contributed by atoms with van der Waals surface area (Å²) < 4.78 is 32.1. The van der Waals surface area contributed by atoms with Crippen LogP contribution in [0, 0.1) is 6.92 Å². The van der Waals surface area contributed by atoms with Crippen LogP contribution in [0.4, 0.5) is 4.79 Å². The number of nitrogens with one attached hydrogen (secondary N) is 3. The number of methoxy groups -OCH3 is 3. The van der Waals surface area contributed by atoms with Gasteiger partial charge >= 0.3 is 12.1 Å². The highest BCUT2D eigenvalue weighted by molar-refractivity contribution is 6.38. The smallest absolute Gasteiger partial charge is 0.408 e. The number of ether oxygens (including phenoxy) is 6. The van der Waals surface area contributed by atoms with Crippen molar-refractivity contribution in [1.29, 1.82) is 0 Å². The van der Waals surface area contributed by atoms with Crippen LogP contribution in [-0.2, 0) is 41.6 Å². The fourth-order valence-corrected chi connectivity index (χ4v) is 6.32. The second-order valence-electron chi connectivity index (χ2n) is 14.0. The van der Waals surface area contributed by atoms with E-state index in [9.17, 15) is 34.5 Å². The van der Waals surface area contributed by atoms with Crippen molar-refractivity contribution in [3.05, 3.63) is 50.6 Å². The summed E-state index contributed by atoms with van der Waals surface area (Å²) in [7, 11) is 3.99. The molecule has 1 fully saturated rings. The number of pyridine rings is 1. The predicted molar refractivity (Wildman–Crippen MR) is 203 cm³/mol. The number of unbranched alkanes of at least 4 members (excludes halogenated alkanes) is 1. The zero-order valence-electron chi connectivity index (χ0n) is 32.5. The molecule has 6 N–H and O–H groups in total. The molecule has 3 amide bonds. The van der Waals surface area contributed by atoms with E-state index in [0.29, 0.717) is 54.8 Å². The van der Waals surface area contributed by atoms with Gasteiger partial charge in [0.25, 0.3) is 5.91 Å². The summed E-state index contributed by atoms with van der Waals surface area (Å²) in [6.07, 6.45) is -2.67. The fraction of sp³-hybridized carbons (Fsp3) is 0.595. The first kappa shape index (κ1) is 46.4. The van der Waals surface area contributed by atoms with E-state index in [-0.39, 0.29) is 40.3 Å². The number of aryl methyl sites for hydroxylation is 1. The minimum Gasteiger partial charge on any atom is -0.486 e. The third-order valence-corrected chi connectivity index (χ3v) is 9.41. The lowest BCUT2D eigenvalue weighted by atomic mass is 9.96. The van der Waals surface area contributed by atoms with E-state index in [2.05, 4.69) is 20.9 Å². The Hall–Kier alpha value is -3.97. The molecule has 0 saturated carbocycles. The van der Waals surface area contributed by atoms with Gasteiger partial charge in [-0.25, -0.2) is 14.6 Å². The van der Waals surface area contributed by atoms with Crippen molar-refractivity contribution in [2.24, 2.45) is 0 Å². The number of nitrogens with zero attached hydrogens (tertiary/aromatic N) is 1. The van der Waals surface area contributed by atoms with Gasteiger partial charge in [-0.1, -0.05) is 23.2 Å². The molecule has 0 aliphatic carbocycles. The number of rotatable bonds is 18. The van der Waals surface area contributed by atoms with Crippen LogP contribution >= 0.6 is 23.2 Å². The number of amides is 3. The molecule has 1 aromatic heterocycles. The fourth-order valence-electron chi connectivity index (χ4n) is 5.75. The number of aliphatic hydroxyl groups is 3. The van der Waals surface area contributed by atoms with Crippen molar-refractivity contribution in [2.75, 3.05) is 34.5 Å². The van der Waals surface area contributed by atoms with Gasteiger partial charge in [-0.15, -0.1) is 0 Å². The van der Waals surface area contributed by atoms with Crippen LogP contribution in [-0.4, -0.2) is 121 Å². The second kappa shape index (κ2) is 21.5. The van der Waals surface area contributed by atoms with Gasteiger partial charge in [-0.2, -0.15) is 0 Å². The van der Waals surface area contributed by atoms with Crippen molar-refractivity contribution in [3.8, 4) is 11.6 Å². The van der Waals surface area contributed by atoms with Crippen molar-refractivity contribution < 1.29 is 62.9 Å². The van der Waals surface area contributed by atoms with E-state index in [1.54, 1.807) is 33.8 Å². The number of benzene rings is 1. The minimum atomic E-state index is -1.51. The molecule has 19 heteroatoms. The molecule has 312 valence electrons. The van der Waals surface area contributed by atoms with Gasteiger partial charge in [0, 0.05) is 43.0 Å². The maximum Gasteiger partial charge on any atom is 0.408 e. The molecule has 56 heavy (non-hydrogen) atoms. The van der Waals surface area contributed by atoms with E-state index in [1.165, 1.54) is 33.6 Å². The summed E-state index contributed by atoms with van der Waals surface area (Å²) in [6, 6.07) is 1.06. The molecule has 2 heterocycles. The molecule has 3 rings (SSSR count). The Kier molecular flexibility index (Phi) is 17.8. The van der Waals surface area contributed by atoms with Gasteiger partial charge in [0.15, 0.2) is 12.0 Å². The standard InChI is InChI=1S/C37H52Cl2N4O13/c1-19-22(32(48)43-28-30(47)29(46)25(17-44)55-35(28)53-7)15-23(38)31(27(19)39)54-18-20-14-21(33(51-5)41-16-20)11-12-26(45)40-13-9-8-10-24(34(49)52-6)42-36(50)56-37(2,3)4/h14-16,24-25,28-30,35,44,46-47H,8-13,17-18H2,1-7H3,(H,40,45)(H,42,50)(H,43,48)/t24-,25+,28+,29+,30+,35-/m0/s1. The average Bonchev–Trinajstić information content (AvgIpc) is 3.15. The Bertz CT molecular complexity index is 1670. The van der Waals surface area contributed by atoms with Gasteiger partial charge in [0.2, 0.25) is 11.8 Å². The number of hydrogen-bond donors (Lipinski definition) is 6. The van der Waals surface area contributed by atoms with E-state index < -0.39 is 66.9 Å². The molecule has 1 aliphatic heterocycles. The maximum absolute atomic E-state index is 13.3. The largest absolute Gasteiger partial charge is 0.486 e. The Balaban J connectivity index is 1.56. The third-order valence-electron chi connectivity index (χ3n) is 8.67. The molecular weight excluding hydrogens is 779 g/mol. The molecule has 1 saturated heterocycles. The second-order valence-corrected chi connectivity index (χ2v) is 14.8. The number of halogens is 2. The molecule has 6 atom stereocenters. The maximum atomic E-state index is 13.3. The van der Waals surface area contributed by atoms with Crippen LogP contribution in [0.15, 0.2) is 18.3 Å². The molecule has 1 aromatic carbocycles. The minimum absolute atomic E-state index is 0.0216. The first-order valence-electron chi connectivity index (χ1n) is 17.9. The molecule has 2 aromatic rings. The van der Waals surface area contributed by atoms with Crippen molar-refractivity contribution >= 4 is 47.1 Å². The number of aromatic nitrogens is 1. The molecule has 0 unspecified atom stereocenters. The summed E-state index contributed by atoms with van der Waals surface area (Å²) in [4.78, 5) is 54.6. The van der Waals surface area contributed by atoms with Crippen LogP contribution in [0.25, 0.3) is 0 Å². The Morgan fingerprint density at radius 2 is 1.77 bits per heavy atom. The third kappa shape index (κ3) is 13.0. The van der Waals surface area contributed by atoms with E-state index in [0.717, 1.165) is 0 Å². The zero-order valence-corrected chi connectivity index (χ0v) is 34.0. The Morgan fingerprint density at radius 3 is 2.39 bits per heavy atom. The lowest BCUT2D eigenvalue weighted by Crippen LogP contribution is -2.64. The lowest BCUT2D eigenvalue weighted by Gasteiger charge is -2.41. The molecule has 1 aliphatic rings. The van der Waals surface area contributed by atoms with E-state index in [4.69, 9.17) is 51.6 Å². The predicted octanol–water partition coefficient (Wildman–Crippen LogP) is 2.75. The Morgan fingerprint density at radius 1 is 1.05 bits per heavy atom. The van der Waals surface area contributed by atoms with Crippen LogP contribution in [0.2, 0.25) is 10.0 Å². The highest BCUT2D eigenvalue weighted by atomic mass is 35.5. The van der Waals surface area contributed by atoms with Gasteiger partial charge in [-0.3, -0.25) is 9.59 Å².